The maximum Gasteiger partial charge on any atom is 0.247 e. The number of rotatable bonds is 6. The highest BCUT2D eigenvalue weighted by molar-refractivity contribution is 5.91. The summed E-state index contributed by atoms with van der Waals surface area (Å²) < 4.78 is 5.43. The molecule has 0 aliphatic rings. The smallest absolute Gasteiger partial charge is 0.247 e. The highest BCUT2D eigenvalue weighted by Crippen LogP contribution is 2.14. The lowest BCUT2D eigenvalue weighted by Gasteiger charge is -2.33. The fraction of sp³-hybridized carbons (Fsp3) is 0.562. The minimum Gasteiger partial charge on any atom is -0.462 e. The molecule has 1 heterocycles. The Balaban J connectivity index is 2.79. The topological polar surface area (TPSA) is 33.5 Å². The summed E-state index contributed by atoms with van der Waals surface area (Å²) in [6.07, 6.45) is 5.28. The number of amides is 1. The normalized spacial score (nSPS) is 14.6. The van der Waals surface area contributed by atoms with Crippen LogP contribution >= 0.6 is 0 Å². The first-order valence-electron chi connectivity index (χ1n) is 7.06. The summed E-state index contributed by atoms with van der Waals surface area (Å²) in [5.74, 6) is 1.63. The van der Waals surface area contributed by atoms with Gasteiger partial charge in [0.25, 0.3) is 0 Å². The van der Waals surface area contributed by atoms with Crippen LogP contribution in [0.25, 0.3) is 6.08 Å². The van der Waals surface area contributed by atoms with Crippen molar-refractivity contribution in [3.05, 3.63) is 29.7 Å². The van der Waals surface area contributed by atoms with Crippen LogP contribution < -0.4 is 0 Å². The van der Waals surface area contributed by atoms with E-state index < -0.39 is 0 Å². The summed E-state index contributed by atoms with van der Waals surface area (Å²) in [5, 5.41) is 0. The average Bonchev–Trinajstić information content (AvgIpc) is 2.81. The SMILES string of the molecule is CC[C@@H](C)N(C(=O)/C=C/c1ccc(C)o1)[C@H](C)CC. The molecule has 0 aliphatic heterocycles. The molecular weight excluding hydrogens is 238 g/mol. The van der Waals surface area contributed by atoms with Crippen molar-refractivity contribution < 1.29 is 9.21 Å². The second-order valence-corrected chi connectivity index (χ2v) is 5.04. The molecule has 1 aromatic rings. The number of nitrogens with zero attached hydrogens (tertiary/aromatic N) is 1. The largest absolute Gasteiger partial charge is 0.462 e. The summed E-state index contributed by atoms with van der Waals surface area (Å²) in [7, 11) is 0. The molecule has 0 aliphatic carbocycles. The second kappa shape index (κ2) is 7.17. The molecular formula is C16H25NO2. The van der Waals surface area contributed by atoms with Gasteiger partial charge in [0.05, 0.1) is 0 Å². The number of carbonyl (C=O) groups is 1. The molecule has 0 N–H and O–H groups in total. The summed E-state index contributed by atoms with van der Waals surface area (Å²) in [4.78, 5) is 14.3. The average molecular weight is 263 g/mol. The van der Waals surface area contributed by atoms with Crippen molar-refractivity contribution in [2.75, 3.05) is 0 Å². The van der Waals surface area contributed by atoms with Gasteiger partial charge in [0, 0.05) is 18.2 Å². The minimum absolute atomic E-state index is 0.0535. The van der Waals surface area contributed by atoms with E-state index in [0.29, 0.717) is 0 Å². The summed E-state index contributed by atoms with van der Waals surface area (Å²) in [5.41, 5.74) is 0. The monoisotopic (exact) mass is 263 g/mol. The summed E-state index contributed by atoms with van der Waals surface area (Å²) in [6.45, 7) is 10.3. The van der Waals surface area contributed by atoms with Crippen molar-refractivity contribution in [3.63, 3.8) is 0 Å². The molecule has 0 aromatic carbocycles. The Morgan fingerprint density at radius 3 is 2.26 bits per heavy atom. The Kier molecular flexibility index (Phi) is 5.87. The van der Waals surface area contributed by atoms with Gasteiger partial charge >= 0.3 is 0 Å². The first-order chi connectivity index (χ1) is 8.99. The van der Waals surface area contributed by atoms with Crippen LogP contribution in [0.5, 0.6) is 0 Å². The van der Waals surface area contributed by atoms with Crippen LogP contribution in [-0.4, -0.2) is 22.9 Å². The maximum absolute atomic E-state index is 12.3. The van der Waals surface area contributed by atoms with E-state index in [4.69, 9.17) is 4.42 Å². The Bertz CT molecular complexity index is 424. The quantitative estimate of drug-likeness (QED) is 0.726. The van der Waals surface area contributed by atoms with Crippen molar-refractivity contribution in [3.8, 4) is 0 Å². The van der Waals surface area contributed by atoms with Crippen molar-refractivity contribution in [2.24, 2.45) is 0 Å². The molecule has 106 valence electrons. The van der Waals surface area contributed by atoms with Gasteiger partial charge in [-0.1, -0.05) is 13.8 Å². The molecule has 1 aromatic heterocycles. The molecule has 0 spiro atoms. The van der Waals surface area contributed by atoms with Crippen LogP contribution in [0.1, 0.15) is 52.1 Å². The van der Waals surface area contributed by atoms with Crippen LogP contribution in [0.15, 0.2) is 22.6 Å². The van der Waals surface area contributed by atoms with Crippen LogP contribution in [0.3, 0.4) is 0 Å². The third-order valence-corrected chi connectivity index (χ3v) is 3.54. The Hall–Kier alpha value is -1.51. The number of hydrogen-bond donors (Lipinski definition) is 0. The van der Waals surface area contributed by atoms with Gasteiger partial charge in [0.2, 0.25) is 5.91 Å². The highest BCUT2D eigenvalue weighted by Gasteiger charge is 2.21. The zero-order valence-electron chi connectivity index (χ0n) is 12.6. The van der Waals surface area contributed by atoms with E-state index in [1.807, 2.05) is 24.0 Å². The summed E-state index contributed by atoms with van der Waals surface area (Å²) >= 11 is 0. The fourth-order valence-electron chi connectivity index (χ4n) is 2.04. The van der Waals surface area contributed by atoms with Crippen molar-refractivity contribution in [1.29, 1.82) is 0 Å². The molecule has 0 fully saturated rings. The van der Waals surface area contributed by atoms with Gasteiger partial charge in [0.1, 0.15) is 11.5 Å². The Morgan fingerprint density at radius 1 is 1.26 bits per heavy atom. The molecule has 2 atom stereocenters. The fourth-order valence-corrected chi connectivity index (χ4v) is 2.04. The minimum atomic E-state index is 0.0535. The Morgan fingerprint density at radius 2 is 1.84 bits per heavy atom. The number of furan rings is 1. The van der Waals surface area contributed by atoms with E-state index in [0.717, 1.165) is 24.4 Å². The third kappa shape index (κ3) is 4.27. The number of carbonyl (C=O) groups excluding carboxylic acids is 1. The lowest BCUT2D eigenvalue weighted by molar-refractivity contribution is -0.130. The van der Waals surface area contributed by atoms with Gasteiger partial charge < -0.3 is 9.32 Å². The molecule has 1 amide bonds. The van der Waals surface area contributed by atoms with Crippen LogP contribution in [0.4, 0.5) is 0 Å². The molecule has 0 radical (unpaired) electrons. The first kappa shape index (κ1) is 15.5. The van der Waals surface area contributed by atoms with Gasteiger partial charge in [-0.15, -0.1) is 0 Å². The lowest BCUT2D eigenvalue weighted by Crippen LogP contribution is -2.43. The van der Waals surface area contributed by atoms with Crippen molar-refractivity contribution >= 4 is 12.0 Å². The van der Waals surface area contributed by atoms with Gasteiger partial charge in [-0.2, -0.15) is 0 Å². The molecule has 3 heteroatoms. The van der Waals surface area contributed by atoms with E-state index in [9.17, 15) is 4.79 Å². The van der Waals surface area contributed by atoms with Crippen molar-refractivity contribution in [2.45, 2.75) is 59.5 Å². The van der Waals surface area contributed by atoms with Crippen LogP contribution in [-0.2, 0) is 4.79 Å². The predicted octanol–water partition coefficient (Wildman–Crippen LogP) is 4.03. The highest BCUT2D eigenvalue weighted by atomic mass is 16.3. The zero-order chi connectivity index (χ0) is 14.4. The van der Waals surface area contributed by atoms with Gasteiger partial charge in [0.15, 0.2) is 0 Å². The van der Waals surface area contributed by atoms with Crippen LogP contribution in [0, 0.1) is 6.92 Å². The molecule has 1 rings (SSSR count). The van der Waals surface area contributed by atoms with Gasteiger partial charge in [-0.25, -0.2) is 0 Å². The van der Waals surface area contributed by atoms with Gasteiger partial charge in [-0.3, -0.25) is 4.79 Å². The molecule has 0 saturated carbocycles. The van der Waals surface area contributed by atoms with Crippen LogP contribution in [0.2, 0.25) is 0 Å². The molecule has 19 heavy (non-hydrogen) atoms. The molecule has 0 saturated heterocycles. The zero-order valence-corrected chi connectivity index (χ0v) is 12.6. The maximum atomic E-state index is 12.3. The predicted molar refractivity (Wildman–Crippen MR) is 78.8 cm³/mol. The standard InChI is InChI=1S/C16H25NO2/c1-6-12(3)17(13(4)7-2)16(18)11-10-15-9-8-14(5)19-15/h8-13H,6-7H2,1-5H3/b11-10+/t12-,13-/m1/s1. The van der Waals surface area contributed by atoms with E-state index in [1.54, 1.807) is 12.2 Å². The summed E-state index contributed by atoms with van der Waals surface area (Å²) in [6, 6.07) is 4.28. The first-order valence-corrected chi connectivity index (χ1v) is 7.06. The lowest BCUT2D eigenvalue weighted by atomic mass is 10.1. The van der Waals surface area contributed by atoms with E-state index in [2.05, 4.69) is 27.7 Å². The molecule has 0 unspecified atom stereocenters. The van der Waals surface area contributed by atoms with E-state index in [1.165, 1.54) is 0 Å². The molecule has 0 bridgehead atoms. The number of aryl methyl sites for hydroxylation is 1. The second-order valence-electron chi connectivity index (χ2n) is 5.04. The van der Waals surface area contributed by atoms with Crippen molar-refractivity contribution in [1.82, 2.24) is 4.90 Å². The number of hydrogen-bond acceptors (Lipinski definition) is 2. The van der Waals surface area contributed by atoms with E-state index >= 15 is 0 Å². The van der Waals surface area contributed by atoms with Gasteiger partial charge in [-0.05, 0) is 51.8 Å². The molecule has 3 nitrogen and oxygen atoms in total. The van der Waals surface area contributed by atoms with E-state index in [-0.39, 0.29) is 18.0 Å². The third-order valence-electron chi connectivity index (χ3n) is 3.54. The Labute approximate surface area is 116 Å².